The van der Waals surface area contributed by atoms with Crippen LogP contribution in [0.4, 0.5) is 0 Å². The third-order valence-corrected chi connectivity index (χ3v) is 4.49. The SMILES string of the molecule is CCC1NC(c2cccc(C)c2)N(C2CCCOC2)C1=O. The smallest absolute Gasteiger partial charge is 0.241 e. The number of carbonyl (C=O) groups excluding carboxylic acids is 1. The second kappa shape index (κ2) is 6.16. The van der Waals surface area contributed by atoms with Crippen molar-refractivity contribution in [2.24, 2.45) is 0 Å². The Morgan fingerprint density at radius 2 is 2.29 bits per heavy atom. The monoisotopic (exact) mass is 288 g/mol. The van der Waals surface area contributed by atoms with Crippen LogP contribution >= 0.6 is 0 Å². The molecule has 4 heteroatoms. The van der Waals surface area contributed by atoms with Crippen LogP contribution < -0.4 is 5.32 Å². The molecule has 1 amide bonds. The van der Waals surface area contributed by atoms with Crippen molar-refractivity contribution in [2.45, 2.75) is 51.4 Å². The van der Waals surface area contributed by atoms with Crippen molar-refractivity contribution in [2.75, 3.05) is 13.2 Å². The van der Waals surface area contributed by atoms with Gasteiger partial charge in [-0.15, -0.1) is 0 Å². The Balaban J connectivity index is 1.90. The number of aryl methyl sites for hydroxylation is 1. The fraction of sp³-hybridized carbons (Fsp3) is 0.588. The maximum Gasteiger partial charge on any atom is 0.241 e. The van der Waals surface area contributed by atoms with Gasteiger partial charge in [-0.25, -0.2) is 0 Å². The number of rotatable bonds is 3. The quantitative estimate of drug-likeness (QED) is 0.928. The molecule has 21 heavy (non-hydrogen) atoms. The van der Waals surface area contributed by atoms with E-state index in [1.54, 1.807) is 0 Å². The summed E-state index contributed by atoms with van der Waals surface area (Å²) < 4.78 is 5.60. The highest BCUT2D eigenvalue weighted by atomic mass is 16.5. The third-order valence-electron chi connectivity index (χ3n) is 4.49. The van der Waals surface area contributed by atoms with E-state index in [0.29, 0.717) is 6.61 Å². The van der Waals surface area contributed by atoms with Crippen LogP contribution in [0.2, 0.25) is 0 Å². The maximum atomic E-state index is 12.7. The van der Waals surface area contributed by atoms with Crippen molar-refractivity contribution in [3.05, 3.63) is 35.4 Å². The molecule has 2 saturated heterocycles. The number of nitrogens with zero attached hydrogens (tertiary/aromatic N) is 1. The lowest BCUT2D eigenvalue weighted by molar-refractivity contribution is -0.135. The van der Waals surface area contributed by atoms with Crippen molar-refractivity contribution < 1.29 is 9.53 Å². The third kappa shape index (κ3) is 2.83. The molecule has 1 N–H and O–H groups in total. The number of carbonyl (C=O) groups is 1. The van der Waals surface area contributed by atoms with Crippen LogP contribution in [0, 0.1) is 6.92 Å². The minimum atomic E-state index is -0.0718. The normalized spacial score (nSPS) is 29.9. The molecule has 2 aliphatic heterocycles. The van der Waals surface area contributed by atoms with E-state index in [0.717, 1.165) is 25.9 Å². The Labute approximate surface area is 126 Å². The molecule has 3 atom stereocenters. The molecule has 114 valence electrons. The molecular weight excluding hydrogens is 264 g/mol. The lowest BCUT2D eigenvalue weighted by Crippen LogP contribution is -2.44. The molecule has 3 rings (SSSR count). The Bertz CT molecular complexity index is 511. The van der Waals surface area contributed by atoms with Crippen LogP contribution in [-0.4, -0.2) is 36.1 Å². The fourth-order valence-electron chi connectivity index (χ4n) is 3.37. The van der Waals surface area contributed by atoms with Crippen LogP contribution in [-0.2, 0) is 9.53 Å². The average molecular weight is 288 g/mol. The predicted molar refractivity (Wildman–Crippen MR) is 81.8 cm³/mol. The van der Waals surface area contributed by atoms with E-state index in [1.165, 1.54) is 11.1 Å². The van der Waals surface area contributed by atoms with Crippen molar-refractivity contribution in [3.8, 4) is 0 Å². The van der Waals surface area contributed by atoms with Crippen LogP contribution in [0.25, 0.3) is 0 Å². The predicted octanol–water partition coefficient (Wildman–Crippen LogP) is 2.38. The number of nitrogens with one attached hydrogen (secondary N) is 1. The first-order valence-electron chi connectivity index (χ1n) is 7.93. The summed E-state index contributed by atoms with van der Waals surface area (Å²) in [5, 5.41) is 3.50. The van der Waals surface area contributed by atoms with Crippen molar-refractivity contribution in [1.82, 2.24) is 10.2 Å². The lowest BCUT2D eigenvalue weighted by atomic mass is 10.0. The zero-order valence-corrected chi connectivity index (χ0v) is 12.8. The van der Waals surface area contributed by atoms with Gasteiger partial charge in [0.15, 0.2) is 0 Å². The Hall–Kier alpha value is -1.39. The number of benzene rings is 1. The van der Waals surface area contributed by atoms with E-state index in [4.69, 9.17) is 4.74 Å². The molecule has 2 fully saturated rings. The second-order valence-corrected chi connectivity index (χ2v) is 6.06. The van der Waals surface area contributed by atoms with Gasteiger partial charge in [-0.3, -0.25) is 10.1 Å². The largest absolute Gasteiger partial charge is 0.379 e. The van der Waals surface area contributed by atoms with Gasteiger partial charge < -0.3 is 9.64 Å². The highest BCUT2D eigenvalue weighted by Gasteiger charge is 2.42. The molecule has 2 aliphatic rings. The highest BCUT2D eigenvalue weighted by Crippen LogP contribution is 2.31. The van der Waals surface area contributed by atoms with Crippen molar-refractivity contribution in [3.63, 3.8) is 0 Å². The molecule has 0 aromatic heterocycles. The van der Waals surface area contributed by atoms with Crippen molar-refractivity contribution in [1.29, 1.82) is 0 Å². The first-order chi connectivity index (χ1) is 10.2. The van der Waals surface area contributed by atoms with E-state index in [1.807, 2.05) is 4.90 Å². The highest BCUT2D eigenvalue weighted by molar-refractivity contribution is 5.84. The Morgan fingerprint density at radius 1 is 1.43 bits per heavy atom. The molecule has 4 nitrogen and oxygen atoms in total. The van der Waals surface area contributed by atoms with Gasteiger partial charge in [0.25, 0.3) is 0 Å². The average Bonchev–Trinajstić information content (AvgIpc) is 2.85. The summed E-state index contributed by atoms with van der Waals surface area (Å²) in [6.45, 7) is 5.62. The zero-order valence-electron chi connectivity index (χ0n) is 12.8. The Morgan fingerprint density at radius 3 is 2.95 bits per heavy atom. The number of hydrogen-bond donors (Lipinski definition) is 1. The summed E-state index contributed by atoms with van der Waals surface area (Å²) in [6.07, 6.45) is 2.87. The summed E-state index contributed by atoms with van der Waals surface area (Å²) in [7, 11) is 0. The minimum absolute atomic E-state index is 0.0194. The van der Waals surface area contributed by atoms with Gasteiger partial charge in [-0.05, 0) is 31.7 Å². The standard InChI is InChI=1S/C17H24N2O2/c1-3-15-17(20)19(14-8-5-9-21-11-14)16(18-15)13-7-4-6-12(2)10-13/h4,6-7,10,14-16,18H,3,5,8-9,11H2,1-2H3. The van der Waals surface area contributed by atoms with E-state index < -0.39 is 0 Å². The molecule has 1 aromatic carbocycles. The molecule has 0 aliphatic carbocycles. The fourth-order valence-corrected chi connectivity index (χ4v) is 3.37. The van der Waals surface area contributed by atoms with Gasteiger partial charge in [-0.2, -0.15) is 0 Å². The summed E-state index contributed by atoms with van der Waals surface area (Å²) >= 11 is 0. The van der Waals surface area contributed by atoms with Gasteiger partial charge in [0, 0.05) is 6.61 Å². The van der Waals surface area contributed by atoms with Crippen LogP contribution in [0.5, 0.6) is 0 Å². The number of amides is 1. The van der Waals surface area contributed by atoms with Gasteiger partial charge in [0.05, 0.1) is 18.7 Å². The molecule has 2 heterocycles. The Kier molecular flexibility index (Phi) is 4.27. The van der Waals surface area contributed by atoms with Crippen LogP contribution in [0.3, 0.4) is 0 Å². The second-order valence-electron chi connectivity index (χ2n) is 6.06. The number of hydrogen-bond acceptors (Lipinski definition) is 3. The van der Waals surface area contributed by atoms with Crippen LogP contribution in [0.1, 0.15) is 43.5 Å². The summed E-state index contributed by atoms with van der Waals surface area (Å²) in [6, 6.07) is 8.54. The molecule has 0 spiro atoms. The molecular formula is C17H24N2O2. The lowest BCUT2D eigenvalue weighted by Gasteiger charge is -2.35. The topological polar surface area (TPSA) is 41.6 Å². The van der Waals surface area contributed by atoms with E-state index in [2.05, 4.69) is 43.4 Å². The minimum Gasteiger partial charge on any atom is -0.379 e. The van der Waals surface area contributed by atoms with Gasteiger partial charge >= 0.3 is 0 Å². The van der Waals surface area contributed by atoms with E-state index in [9.17, 15) is 4.79 Å². The molecule has 3 unspecified atom stereocenters. The first-order valence-corrected chi connectivity index (χ1v) is 7.93. The zero-order chi connectivity index (χ0) is 14.8. The summed E-state index contributed by atoms with van der Waals surface area (Å²) in [5.74, 6) is 0.222. The molecule has 0 bridgehead atoms. The van der Waals surface area contributed by atoms with Gasteiger partial charge in [0.2, 0.25) is 5.91 Å². The van der Waals surface area contributed by atoms with E-state index >= 15 is 0 Å². The molecule has 0 radical (unpaired) electrons. The van der Waals surface area contributed by atoms with Crippen molar-refractivity contribution >= 4 is 5.91 Å². The molecule has 1 aromatic rings. The van der Waals surface area contributed by atoms with Crippen LogP contribution in [0.15, 0.2) is 24.3 Å². The van der Waals surface area contributed by atoms with Gasteiger partial charge in [0.1, 0.15) is 6.17 Å². The summed E-state index contributed by atoms with van der Waals surface area (Å²) in [5.41, 5.74) is 2.39. The first kappa shape index (κ1) is 14.5. The molecule has 0 saturated carbocycles. The summed E-state index contributed by atoms with van der Waals surface area (Å²) in [4.78, 5) is 14.7. The maximum absolute atomic E-state index is 12.7. The van der Waals surface area contributed by atoms with Gasteiger partial charge in [-0.1, -0.05) is 36.8 Å². The van der Waals surface area contributed by atoms with E-state index in [-0.39, 0.29) is 24.2 Å². The number of ether oxygens (including phenoxy) is 1.